The average molecular weight is 238 g/mol. The van der Waals surface area contributed by atoms with Crippen LogP contribution < -0.4 is 5.73 Å². The number of nitrogens with zero attached hydrogens (tertiary/aromatic N) is 1. The van der Waals surface area contributed by atoms with Crippen LogP contribution in [0, 0.1) is 5.92 Å². The van der Waals surface area contributed by atoms with Crippen LogP contribution in [0.15, 0.2) is 0 Å². The zero-order valence-electron chi connectivity index (χ0n) is 11.2. The fourth-order valence-electron chi connectivity index (χ4n) is 3.45. The molecule has 0 aromatic carbocycles. The monoisotopic (exact) mass is 238 g/mol. The van der Waals surface area contributed by atoms with Gasteiger partial charge in [0.05, 0.1) is 0 Å². The molecule has 1 saturated heterocycles. The van der Waals surface area contributed by atoms with E-state index < -0.39 is 0 Å². The van der Waals surface area contributed by atoms with E-state index in [9.17, 15) is 4.79 Å². The number of amides is 1. The fourth-order valence-corrected chi connectivity index (χ4v) is 3.45. The van der Waals surface area contributed by atoms with Crippen molar-refractivity contribution in [2.24, 2.45) is 11.7 Å². The van der Waals surface area contributed by atoms with Gasteiger partial charge in [-0.3, -0.25) is 4.79 Å². The second-order valence-corrected chi connectivity index (χ2v) is 5.85. The molecule has 2 N–H and O–H groups in total. The lowest BCUT2D eigenvalue weighted by molar-refractivity contribution is -0.139. The molecular weight excluding hydrogens is 212 g/mol. The predicted octanol–water partition coefficient (Wildman–Crippen LogP) is 2.29. The second-order valence-electron chi connectivity index (χ2n) is 5.85. The van der Waals surface area contributed by atoms with Gasteiger partial charge in [-0.25, -0.2) is 0 Å². The Labute approximate surface area is 105 Å². The van der Waals surface area contributed by atoms with Gasteiger partial charge in [0, 0.05) is 24.0 Å². The van der Waals surface area contributed by atoms with Gasteiger partial charge in [-0.15, -0.1) is 0 Å². The van der Waals surface area contributed by atoms with Crippen molar-refractivity contribution < 1.29 is 4.79 Å². The Bertz CT molecular complexity index is 271. The van der Waals surface area contributed by atoms with Crippen LogP contribution in [0.3, 0.4) is 0 Å². The van der Waals surface area contributed by atoms with Crippen LogP contribution in [0.4, 0.5) is 0 Å². The van der Waals surface area contributed by atoms with Crippen LogP contribution in [-0.2, 0) is 4.79 Å². The van der Waals surface area contributed by atoms with Gasteiger partial charge >= 0.3 is 0 Å². The maximum atomic E-state index is 12.6. The number of carbonyl (C=O) groups is 1. The van der Waals surface area contributed by atoms with Crippen molar-refractivity contribution in [3.8, 4) is 0 Å². The number of carbonyl (C=O) groups excluding carboxylic acids is 1. The van der Waals surface area contributed by atoms with Crippen molar-refractivity contribution in [1.82, 2.24) is 4.90 Å². The van der Waals surface area contributed by atoms with Gasteiger partial charge in [0.15, 0.2) is 0 Å². The van der Waals surface area contributed by atoms with Crippen LogP contribution in [0.1, 0.15) is 58.8 Å². The number of nitrogens with two attached hydrogens (primary N) is 1. The standard InChI is InChI=1S/C14H26N2O/c1-3-13-9-4-10(2)16(13)14(17)11-5-7-12(15)8-6-11/h10-13H,3-9,15H2,1-2H3. The summed E-state index contributed by atoms with van der Waals surface area (Å²) in [7, 11) is 0. The van der Waals surface area contributed by atoms with E-state index in [0.717, 1.165) is 32.1 Å². The smallest absolute Gasteiger partial charge is 0.226 e. The zero-order valence-corrected chi connectivity index (χ0v) is 11.2. The van der Waals surface area contributed by atoms with Crippen LogP contribution in [-0.4, -0.2) is 28.9 Å². The molecule has 0 aromatic heterocycles. The molecule has 1 amide bonds. The lowest BCUT2D eigenvalue weighted by Gasteiger charge is -2.34. The highest BCUT2D eigenvalue weighted by Gasteiger charge is 2.37. The summed E-state index contributed by atoms with van der Waals surface area (Å²) in [6.07, 6.45) is 7.51. The summed E-state index contributed by atoms with van der Waals surface area (Å²) in [4.78, 5) is 14.8. The summed E-state index contributed by atoms with van der Waals surface area (Å²) in [6, 6.07) is 1.27. The molecule has 2 atom stereocenters. The molecule has 3 heteroatoms. The molecular formula is C14H26N2O. The van der Waals surface area contributed by atoms with E-state index >= 15 is 0 Å². The van der Waals surface area contributed by atoms with E-state index in [-0.39, 0.29) is 5.92 Å². The summed E-state index contributed by atoms with van der Waals surface area (Å²) in [5.74, 6) is 0.665. The normalized spacial score (nSPS) is 38.4. The van der Waals surface area contributed by atoms with Gasteiger partial charge < -0.3 is 10.6 Å². The van der Waals surface area contributed by atoms with Gasteiger partial charge in [0.1, 0.15) is 0 Å². The summed E-state index contributed by atoms with van der Waals surface area (Å²) in [6.45, 7) is 4.39. The minimum absolute atomic E-state index is 0.254. The maximum absolute atomic E-state index is 12.6. The van der Waals surface area contributed by atoms with E-state index in [1.165, 1.54) is 12.8 Å². The van der Waals surface area contributed by atoms with E-state index in [2.05, 4.69) is 18.7 Å². The molecule has 3 nitrogen and oxygen atoms in total. The highest BCUT2D eigenvalue weighted by molar-refractivity contribution is 5.80. The third kappa shape index (κ3) is 2.65. The Morgan fingerprint density at radius 2 is 1.82 bits per heavy atom. The minimum atomic E-state index is 0.254. The van der Waals surface area contributed by atoms with Gasteiger partial charge in [0.25, 0.3) is 0 Å². The molecule has 0 aromatic rings. The molecule has 1 saturated carbocycles. The molecule has 98 valence electrons. The molecule has 0 spiro atoms. The highest BCUT2D eigenvalue weighted by atomic mass is 16.2. The van der Waals surface area contributed by atoms with E-state index in [0.29, 0.717) is 24.0 Å². The van der Waals surface area contributed by atoms with Gasteiger partial charge in [-0.1, -0.05) is 6.92 Å². The molecule has 1 heterocycles. The zero-order chi connectivity index (χ0) is 12.4. The van der Waals surface area contributed by atoms with Crippen molar-refractivity contribution in [1.29, 1.82) is 0 Å². The SMILES string of the molecule is CCC1CCC(C)N1C(=O)C1CCC(N)CC1. The predicted molar refractivity (Wildman–Crippen MR) is 69.6 cm³/mol. The Morgan fingerprint density at radius 3 is 2.41 bits per heavy atom. The molecule has 17 heavy (non-hydrogen) atoms. The lowest BCUT2D eigenvalue weighted by atomic mass is 9.85. The topological polar surface area (TPSA) is 46.3 Å². The summed E-state index contributed by atoms with van der Waals surface area (Å²) >= 11 is 0. The molecule has 1 aliphatic carbocycles. The Kier molecular flexibility index (Phi) is 4.08. The van der Waals surface area contributed by atoms with Crippen molar-refractivity contribution in [3.05, 3.63) is 0 Å². The van der Waals surface area contributed by atoms with Crippen molar-refractivity contribution in [3.63, 3.8) is 0 Å². The van der Waals surface area contributed by atoms with Gasteiger partial charge in [-0.2, -0.15) is 0 Å². The van der Waals surface area contributed by atoms with Crippen molar-refractivity contribution in [2.45, 2.75) is 76.9 Å². The Balaban J connectivity index is 1.98. The number of rotatable bonds is 2. The first kappa shape index (κ1) is 12.9. The highest BCUT2D eigenvalue weighted by Crippen LogP contribution is 2.32. The second kappa shape index (κ2) is 5.38. The Hall–Kier alpha value is -0.570. The molecule has 2 unspecified atom stereocenters. The van der Waals surface area contributed by atoms with Crippen LogP contribution >= 0.6 is 0 Å². The van der Waals surface area contributed by atoms with Crippen LogP contribution in [0.5, 0.6) is 0 Å². The molecule has 0 bridgehead atoms. The molecule has 2 rings (SSSR count). The van der Waals surface area contributed by atoms with E-state index in [1.807, 2.05) is 0 Å². The molecule has 2 aliphatic rings. The summed E-state index contributed by atoms with van der Waals surface area (Å²) in [5.41, 5.74) is 5.91. The summed E-state index contributed by atoms with van der Waals surface area (Å²) < 4.78 is 0. The maximum Gasteiger partial charge on any atom is 0.226 e. The van der Waals surface area contributed by atoms with E-state index in [1.54, 1.807) is 0 Å². The molecule has 0 radical (unpaired) electrons. The third-order valence-corrected chi connectivity index (χ3v) is 4.63. The minimum Gasteiger partial charge on any atom is -0.337 e. The van der Waals surface area contributed by atoms with Crippen molar-refractivity contribution in [2.75, 3.05) is 0 Å². The molecule has 1 aliphatic heterocycles. The van der Waals surface area contributed by atoms with Crippen LogP contribution in [0.2, 0.25) is 0 Å². The summed E-state index contributed by atoms with van der Waals surface area (Å²) in [5, 5.41) is 0. The first-order valence-electron chi connectivity index (χ1n) is 7.21. The largest absolute Gasteiger partial charge is 0.337 e. The number of likely N-dealkylation sites (tertiary alicyclic amines) is 1. The molecule has 2 fully saturated rings. The van der Waals surface area contributed by atoms with Gasteiger partial charge in [0.2, 0.25) is 5.91 Å². The number of hydrogen-bond donors (Lipinski definition) is 1. The average Bonchev–Trinajstić information content (AvgIpc) is 2.70. The quantitative estimate of drug-likeness (QED) is 0.802. The Morgan fingerprint density at radius 1 is 1.18 bits per heavy atom. The van der Waals surface area contributed by atoms with E-state index in [4.69, 9.17) is 5.73 Å². The first-order chi connectivity index (χ1) is 8.13. The first-order valence-corrected chi connectivity index (χ1v) is 7.21. The van der Waals surface area contributed by atoms with Crippen LogP contribution in [0.25, 0.3) is 0 Å². The van der Waals surface area contributed by atoms with Crippen molar-refractivity contribution >= 4 is 5.91 Å². The number of hydrogen-bond acceptors (Lipinski definition) is 2. The third-order valence-electron chi connectivity index (χ3n) is 4.63. The fraction of sp³-hybridized carbons (Fsp3) is 0.929. The lowest BCUT2D eigenvalue weighted by Crippen LogP contribution is -2.44. The van der Waals surface area contributed by atoms with Gasteiger partial charge in [-0.05, 0) is 51.9 Å².